The smallest absolute Gasteiger partial charge is 0.0538 e. The van der Waals surface area contributed by atoms with Gasteiger partial charge in [-0.15, -0.1) is 0 Å². The van der Waals surface area contributed by atoms with E-state index in [0.717, 1.165) is 18.5 Å². The summed E-state index contributed by atoms with van der Waals surface area (Å²) in [5.41, 5.74) is 5.24. The van der Waals surface area contributed by atoms with E-state index in [4.69, 9.17) is 5.84 Å². The highest BCUT2D eigenvalue weighted by molar-refractivity contribution is 5.20. The van der Waals surface area contributed by atoms with Crippen LogP contribution >= 0.6 is 0 Å². The van der Waals surface area contributed by atoms with Crippen LogP contribution in [0.25, 0.3) is 0 Å². The summed E-state index contributed by atoms with van der Waals surface area (Å²) in [6.45, 7) is 2.95. The Morgan fingerprint density at radius 3 is 2.71 bits per heavy atom. The molecule has 4 heteroatoms. The SMILES string of the molecule is CCn1cc(C(Cc2ccccc2)NN)cn1. The number of rotatable bonds is 5. The van der Waals surface area contributed by atoms with Crippen LogP contribution in [0.5, 0.6) is 0 Å². The lowest BCUT2D eigenvalue weighted by atomic mass is 10.0. The third-order valence-corrected chi connectivity index (χ3v) is 2.86. The lowest BCUT2D eigenvalue weighted by Gasteiger charge is -2.13. The summed E-state index contributed by atoms with van der Waals surface area (Å²) < 4.78 is 1.91. The summed E-state index contributed by atoms with van der Waals surface area (Å²) in [7, 11) is 0. The third kappa shape index (κ3) is 2.93. The summed E-state index contributed by atoms with van der Waals surface area (Å²) in [6.07, 6.45) is 4.77. The molecular weight excluding hydrogens is 212 g/mol. The molecule has 0 amide bonds. The zero-order valence-electron chi connectivity index (χ0n) is 10.0. The van der Waals surface area contributed by atoms with Gasteiger partial charge in [-0.3, -0.25) is 16.0 Å². The van der Waals surface area contributed by atoms with Crippen LogP contribution in [0.2, 0.25) is 0 Å². The number of aryl methyl sites for hydroxylation is 1. The fourth-order valence-electron chi connectivity index (χ4n) is 1.86. The number of aromatic nitrogens is 2. The van der Waals surface area contributed by atoms with Crippen molar-refractivity contribution in [2.24, 2.45) is 5.84 Å². The number of hydrazine groups is 1. The van der Waals surface area contributed by atoms with E-state index in [9.17, 15) is 0 Å². The van der Waals surface area contributed by atoms with E-state index in [1.807, 2.05) is 35.3 Å². The standard InChI is InChI=1S/C13H18N4/c1-2-17-10-12(9-15-17)13(16-14)8-11-6-4-3-5-7-11/h3-7,9-10,13,16H,2,8,14H2,1H3. The molecule has 1 heterocycles. The van der Waals surface area contributed by atoms with E-state index in [0.29, 0.717) is 0 Å². The van der Waals surface area contributed by atoms with Crippen molar-refractivity contribution in [1.29, 1.82) is 0 Å². The number of nitrogens with two attached hydrogens (primary N) is 1. The van der Waals surface area contributed by atoms with Gasteiger partial charge in [0.15, 0.2) is 0 Å². The van der Waals surface area contributed by atoms with Crippen LogP contribution in [0.1, 0.15) is 24.1 Å². The maximum absolute atomic E-state index is 5.62. The minimum atomic E-state index is 0.109. The molecular formula is C13H18N4. The number of nitrogens with one attached hydrogen (secondary N) is 1. The van der Waals surface area contributed by atoms with Gasteiger partial charge < -0.3 is 0 Å². The Hall–Kier alpha value is -1.65. The quantitative estimate of drug-likeness (QED) is 0.606. The highest BCUT2D eigenvalue weighted by Gasteiger charge is 2.12. The Morgan fingerprint density at radius 1 is 1.35 bits per heavy atom. The predicted molar refractivity (Wildman–Crippen MR) is 68.1 cm³/mol. The molecule has 1 atom stereocenters. The van der Waals surface area contributed by atoms with E-state index in [1.54, 1.807) is 0 Å². The largest absolute Gasteiger partial charge is 0.273 e. The van der Waals surface area contributed by atoms with Gasteiger partial charge in [0.1, 0.15) is 0 Å². The van der Waals surface area contributed by atoms with Gasteiger partial charge in [-0.1, -0.05) is 30.3 Å². The molecule has 17 heavy (non-hydrogen) atoms. The van der Waals surface area contributed by atoms with Crippen molar-refractivity contribution in [3.05, 3.63) is 53.9 Å². The molecule has 0 saturated heterocycles. The van der Waals surface area contributed by atoms with Gasteiger partial charge in [-0.05, 0) is 18.9 Å². The molecule has 0 saturated carbocycles. The Labute approximate surface area is 101 Å². The van der Waals surface area contributed by atoms with E-state index >= 15 is 0 Å². The summed E-state index contributed by atoms with van der Waals surface area (Å²) in [5.74, 6) is 5.62. The molecule has 0 aliphatic heterocycles. The Kier molecular flexibility index (Phi) is 3.90. The number of hydrogen-bond acceptors (Lipinski definition) is 3. The van der Waals surface area contributed by atoms with E-state index in [-0.39, 0.29) is 6.04 Å². The first-order valence-corrected chi connectivity index (χ1v) is 5.86. The Balaban J connectivity index is 2.11. The molecule has 2 rings (SSSR count). The monoisotopic (exact) mass is 230 g/mol. The first kappa shape index (κ1) is 11.8. The fraction of sp³-hybridized carbons (Fsp3) is 0.308. The van der Waals surface area contributed by atoms with Gasteiger partial charge in [-0.25, -0.2) is 0 Å². The van der Waals surface area contributed by atoms with Gasteiger partial charge in [-0.2, -0.15) is 5.10 Å². The predicted octanol–water partition coefficient (Wildman–Crippen LogP) is 1.65. The molecule has 0 radical (unpaired) electrons. The molecule has 0 fully saturated rings. The van der Waals surface area contributed by atoms with Gasteiger partial charge in [0, 0.05) is 18.3 Å². The molecule has 4 nitrogen and oxygen atoms in total. The Morgan fingerprint density at radius 2 is 2.12 bits per heavy atom. The molecule has 1 aromatic carbocycles. The van der Waals surface area contributed by atoms with Crippen LogP contribution in [0.3, 0.4) is 0 Å². The van der Waals surface area contributed by atoms with Gasteiger partial charge in [0.2, 0.25) is 0 Å². The normalized spacial score (nSPS) is 12.6. The van der Waals surface area contributed by atoms with E-state index in [1.165, 1.54) is 5.56 Å². The van der Waals surface area contributed by atoms with Crippen molar-refractivity contribution in [2.45, 2.75) is 25.9 Å². The second-order valence-corrected chi connectivity index (χ2v) is 4.04. The Bertz CT molecular complexity index is 449. The zero-order valence-corrected chi connectivity index (χ0v) is 10.0. The van der Waals surface area contributed by atoms with Gasteiger partial charge in [0.05, 0.1) is 12.2 Å². The van der Waals surface area contributed by atoms with Crippen molar-refractivity contribution in [3.8, 4) is 0 Å². The highest BCUT2D eigenvalue weighted by atomic mass is 15.3. The van der Waals surface area contributed by atoms with Crippen LogP contribution in [-0.4, -0.2) is 9.78 Å². The zero-order chi connectivity index (χ0) is 12.1. The summed E-state index contributed by atoms with van der Waals surface area (Å²) >= 11 is 0. The number of nitrogens with zero attached hydrogens (tertiary/aromatic N) is 2. The molecule has 1 aromatic heterocycles. The van der Waals surface area contributed by atoms with E-state index in [2.05, 4.69) is 29.6 Å². The van der Waals surface area contributed by atoms with Crippen molar-refractivity contribution in [1.82, 2.24) is 15.2 Å². The van der Waals surface area contributed by atoms with Gasteiger partial charge in [0.25, 0.3) is 0 Å². The molecule has 0 aliphatic rings. The van der Waals surface area contributed by atoms with Crippen molar-refractivity contribution >= 4 is 0 Å². The molecule has 2 aromatic rings. The highest BCUT2D eigenvalue weighted by Crippen LogP contribution is 2.16. The van der Waals surface area contributed by atoms with Crippen LogP contribution < -0.4 is 11.3 Å². The maximum atomic E-state index is 5.62. The minimum absolute atomic E-state index is 0.109. The molecule has 3 N–H and O–H groups in total. The van der Waals surface area contributed by atoms with E-state index < -0.39 is 0 Å². The molecule has 0 spiro atoms. The van der Waals surface area contributed by atoms with Crippen LogP contribution in [0, 0.1) is 0 Å². The van der Waals surface area contributed by atoms with Gasteiger partial charge >= 0.3 is 0 Å². The average Bonchev–Trinajstić information content (AvgIpc) is 2.86. The fourth-order valence-corrected chi connectivity index (χ4v) is 1.86. The van der Waals surface area contributed by atoms with Crippen LogP contribution in [0.4, 0.5) is 0 Å². The number of benzene rings is 1. The van der Waals surface area contributed by atoms with Crippen LogP contribution in [0.15, 0.2) is 42.7 Å². The van der Waals surface area contributed by atoms with Crippen molar-refractivity contribution < 1.29 is 0 Å². The first-order chi connectivity index (χ1) is 8.33. The topological polar surface area (TPSA) is 55.9 Å². The summed E-state index contributed by atoms with van der Waals surface area (Å²) in [5, 5.41) is 4.27. The number of hydrogen-bond donors (Lipinski definition) is 2. The lowest BCUT2D eigenvalue weighted by Crippen LogP contribution is -2.29. The average molecular weight is 230 g/mol. The van der Waals surface area contributed by atoms with Crippen molar-refractivity contribution in [2.75, 3.05) is 0 Å². The first-order valence-electron chi connectivity index (χ1n) is 5.86. The van der Waals surface area contributed by atoms with Crippen molar-refractivity contribution in [3.63, 3.8) is 0 Å². The maximum Gasteiger partial charge on any atom is 0.0538 e. The molecule has 0 bridgehead atoms. The minimum Gasteiger partial charge on any atom is -0.273 e. The third-order valence-electron chi connectivity index (χ3n) is 2.86. The van der Waals surface area contributed by atoms with Crippen LogP contribution in [-0.2, 0) is 13.0 Å². The second-order valence-electron chi connectivity index (χ2n) is 4.04. The molecule has 90 valence electrons. The molecule has 0 aliphatic carbocycles. The second kappa shape index (κ2) is 5.61. The summed E-state index contributed by atoms with van der Waals surface area (Å²) in [4.78, 5) is 0. The summed E-state index contributed by atoms with van der Waals surface area (Å²) in [6, 6.07) is 10.4. The molecule has 1 unspecified atom stereocenters. The lowest BCUT2D eigenvalue weighted by molar-refractivity contribution is 0.550.